The summed E-state index contributed by atoms with van der Waals surface area (Å²) in [4.78, 5) is 11.6. The minimum Gasteiger partial charge on any atom is -0.464 e. The Kier molecular flexibility index (Phi) is 4.49. The van der Waals surface area contributed by atoms with Crippen molar-refractivity contribution in [2.75, 3.05) is 17.7 Å². The molecule has 2 rings (SSSR count). The van der Waals surface area contributed by atoms with Gasteiger partial charge in [-0.3, -0.25) is 4.68 Å². The highest BCUT2D eigenvalue weighted by Gasteiger charge is 2.17. The molecule has 0 saturated carbocycles. The van der Waals surface area contributed by atoms with E-state index in [1.807, 2.05) is 0 Å². The summed E-state index contributed by atoms with van der Waals surface area (Å²) in [5.74, 6) is -1.02. The number of anilines is 2. The summed E-state index contributed by atoms with van der Waals surface area (Å²) in [7, 11) is 2.92. The molecule has 0 fully saturated rings. The highest BCUT2D eigenvalue weighted by molar-refractivity contribution is 7.80. The van der Waals surface area contributed by atoms with Crippen LogP contribution in [0.15, 0.2) is 30.5 Å². The van der Waals surface area contributed by atoms with Gasteiger partial charge in [-0.05, 0) is 24.4 Å². The van der Waals surface area contributed by atoms with Crippen molar-refractivity contribution < 1.29 is 13.9 Å². The van der Waals surface area contributed by atoms with E-state index in [2.05, 4.69) is 20.5 Å². The van der Waals surface area contributed by atoms with E-state index in [1.165, 1.54) is 17.9 Å². The minimum atomic E-state index is -0.591. The second-order valence-electron chi connectivity index (χ2n) is 4.12. The van der Waals surface area contributed by atoms with E-state index in [4.69, 9.17) is 12.2 Å². The zero-order chi connectivity index (χ0) is 15.4. The Bertz CT molecular complexity index is 687. The third kappa shape index (κ3) is 3.54. The van der Waals surface area contributed by atoms with E-state index in [0.29, 0.717) is 5.69 Å². The van der Waals surface area contributed by atoms with Crippen LogP contribution >= 0.6 is 12.2 Å². The first-order valence-corrected chi connectivity index (χ1v) is 6.36. The van der Waals surface area contributed by atoms with Crippen molar-refractivity contribution in [3.63, 3.8) is 0 Å². The molecule has 2 N–H and O–H groups in total. The lowest BCUT2D eigenvalue weighted by Crippen LogP contribution is -2.21. The molecule has 110 valence electrons. The van der Waals surface area contributed by atoms with Gasteiger partial charge in [0, 0.05) is 13.2 Å². The quantitative estimate of drug-likeness (QED) is 0.669. The number of rotatable bonds is 3. The number of carbonyl (C=O) groups excluding carboxylic acids is 1. The molecule has 8 heteroatoms. The molecule has 0 amide bonds. The van der Waals surface area contributed by atoms with Crippen LogP contribution in [-0.2, 0) is 11.8 Å². The van der Waals surface area contributed by atoms with Crippen LogP contribution in [0, 0.1) is 5.82 Å². The predicted octanol–water partition coefficient (Wildman–Crippen LogP) is 2.15. The summed E-state index contributed by atoms with van der Waals surface area (Å²) < 4.78 is 19.6. The van der Waals surface area contributed by atoms with Gasteiger partial charge in [-0.25, -0.2) is 9.18 Å². The molecular weight excluding hydrogens is 295 g/mol. The fourth-order valence-electron chi connectivity index (χ4n) is 1.67. The fraction of sp³-hybridized carbons (Fsp3) is 0.154. The van der Waals surface area contributed by atoms with Crippen LogP contribution in [0.4, 0.5) is 15.8 Å². The van der Waals surface area contributed by atoms with Crippen LogP contribution in [0.25, 0.3) is 0 Å². The minimum absolute atomic E-state index is 0.0951. The molecule has 1 aromatic carbocycles. The topological polar surface area (TPSA) is 68.2 Å². The predicted molar refractivity (Wildman–Crippen MR) is 80.8 cm³/mol. The monoisotopic (exact) mass is 308 g/mol. The van der Waals surface area contributed by atoms with Gasteiger partial charge < -0.3 is 15.4 Å². The number of nitrogens with zero attached hydrogens (tertiary/aromatic N) is 2. The van der Waals surface area contributed by atoms with E-state index in [-0.39, 0.29) is 16.5 Å². The van der Waals surface area contributed by atoms with Crippen molar-refractivity contribution in [1.29, 1.82) is 0 Å². The molecule has 0 aliphatic rings. The van der Waals surface area contributed by atoms with Gasteiger partial charge >= 0.3 is 5.97 Å². The third-order valence-electron chi connectivity index (χ3n) is 2.58. The number of thiocarbonyl (C=S) groups is 1. The van der Waals surface area contributed by atoms with E-state index in [0.717, 1.165) is 0 Å². The van der Waals surface area contributed by atoms with Crippen LogP contribution in [-0.4, -0.2) is 28.0 Å². The molecule has 0 aliphatic carbocycles. The molecule has 0 unspecified atom stereocenters. The first-order chi connectivity index (χ1) is 10.0. The van der Waals surface area contributed by atoms with Gasteiger partial charge in [0.05, 0.1) is 18.5 Å². The second-order valence-corrected chi connectivity index (χ2v) is 4.52. The number of ether oxygens (including phenoxy) is 1. The highest BCUT2D eigenvalue weighted by Crippen LogP contribution is 2.16. The Labute approximate surface area is 125 Å². The number of benzene rings is 1. The molecule has 2 aromatic rings. The number of aryl methyl sites for hydroxylation is 1. The molecule has 0 atom stereocenters. The number of methoxy groups -OCH3 is 1. The molecule has 21 heavy (non-hydrogen) atoms. The number of aromatic nitrogens is 2. The van der Waals surface area contributed by atoms with E-state index in [9.17, 15) is 9.18 Å². The summed E-state index contributed by atoms with van der Waals surface area (Å²) in [6.07, 6.45) is 1.57. The normalized spacial score (nSPS) is 10.0. The van der Waals surface area contributed by atoms with Gasteiger partial charge in [-0.1, -0.05) is 12.1 Å². The maximum Gasteiger partial charge on any atom is 0.360 e. The van der Waals surface area contributed by atoms with Crippen molar-refractivity contribution in [2.45, 2.75) is 0 Å². The van der Waals surface area contributed by atoms with Crippen LogP contribution in [0.3, 0.4) is 0 Å². The van der Waals surface area contributed by atoms with Gasteiger partial charge in [-0.2, -0.15) is 5.10 Å². The molecule has 0 bridgehead atoms. The number of nitrogens with one attached hydrogen (secondary N) is 2. The zero-order valence-corrected chi connectivity index (χ0v) is 12.2. The summed E-state index contributed by atoms with van der Waals surface area (Å²) in [6.45, 7) is 0. The molecule has 0 spiro atoms. The van der Waals surface area contributed by atoms with Gasteiger partial charge in [0.2, 0.25) is 0 Å². The van der Waals surface area contributed by atoms with Crippen molar-refractivity contribution in [3.8, 4) is 0 Å². The fourth-order valence-corrected chi connectivity index (χ4v) is 1.89. The maximum absolute atomic E-state index is 13.5. The maximum atomic E-state index is 13.5. The van der Waals surface area contributed by atoms with Gasteiger partial charge in [-0.15, -0.1) is 0 Å². The molecule has 6 nitrogen and oxygen atoms in total. The summed E-state index contributed by atoms with van der Waals surface area (Å²) >= 11 is 5.09. The number of halogens is 1. The molecule has 1 aromatic heterocycles. The van der Waals surface area contributed by atoms with Gasteiger partial charge in [0.1, 0.15) is 5.82 Å². The Morgan fingerprint density at radius 3 is 2.67 bits per heavy atom. The van der Waals surface area contributed by atoms with Crippen molar-refractivity contribution in [3.05, 3.63) is 42.0 Å². The average molecular weight is 308 g/mol. The Morgan fingerprint density at radius 1 is 1.33 bits per heavy atom. The first-order valence-electron chi connectivity index (χ1n) is 5.95. The lowest BCUT2D eigenvalue weighted by molar-refractivity contribution is 0.0594. The summed E-state index contributed by atoms with van der Waals surface area (Å²) in [5, 5.41) is 9.61. The number of hydrogen-bond acceptors (Lipinski definition) is 4. The second kappa shape index (κ2) is 6.31. The first kappa shape index (κ1) is 14.9. The number of hydrogen-bond donors (Lipinski definition) is 2. The molecule has 0 saturated heterocycles. The van der Waals surface area contributed by atoms with Gasteiger partial charge in [0.15, 0.2) is 10.8 Å². The number of esters is 1. The van der Waals surface area contributed by atoms with Crippen molar-refractivity contribution in [1.82, 2.24) is 9.78 Å². The lowest BCUT2D eigenvalue weighted by atomic mass is 10.3. The van der Waals surface area contributed by atoms with Crippen molar-refractivity contribution in [2.24, 2.45) is 7.05 Å². The van der Waals surface area contributed by atoms with Crippen LogP contribution in [0.5, 0.6) is 0 Å². The summed E-state index contributed by atoms with van der Waals surface area (Å²) in [6, 6.07) is 6.12. The van der Waals surface area contributed by atoms with Crippen LogP contribution < -0.4 is 10.6 Å². The SMILES string of the molecule is COC(=O)c1nn(C)cc1NC(=S)Nc1ccccc1F. The number of para-hydroxylation sites is 1. The van der Waals surface area contributed by atoms with E-state index < -0.39 is 11.8 Å². The molecule has 0 aliphatic heterocycles. The molecular formula is C13H13FN4O2S. The van der Waals surface area contributed by atoms with Crippen LogP contribution in [0.1, 0.15) is 10.5 Å². The largest absolute Gasteiger partial charge is 0.464 e. The zero-order valence-electron chi connectivity index (χ0n) is 11.4. The Balaban J connectivity index is 2.13. The number of carbonyl (C=O) groups is 1. The van der Waals surface area contributed by atoms with Crippen LogP contribution in [0.2, 0.25) is 0 Å². The molecule has 0 radical (unpaired) electrons. The average Bonchev–Trinajstić information content (AvgIpc) is 2.81. The highest BCUT2D eigenvalue weighted by atomic mass is 32.1. The van der Waals surface area contributed by atoms with Gasteiger partial charge in [0.25, 0.3) is 0 Å². The summed E-state index contributed by atoms with van der Waals surface area (Å²) in [5.41, 5.74) is 0.703. The third-order valence-corrected chi connectivity index (χ3v) is 2.78. The van der Waals surface area contributed by atoms with Crippen molar-refractivity contribution >= 4 is 34.7 Å². The smallest absolute Gasteiger partial charge is 0.360 e. The lowest BCUT2D eigenvalue weighted by Gasteiger charge is -2.10. The standard InChI is InChI=1S/C13H13FN4O2S/c1-18-7-10(11(17-18)12(19)20-2)16-13(21)15-9-6-4-3-5-8(9)14/h3-7H,1-2H3,(H2,15,16,21). The van der Waals surface area contributed by atoms with E-state index in [1.54, 1.807) is 31.4 Å². The van der Waals surface area contributed by atoms with E-state index >= 15 is 0 Å². The molecule has 1 heterocycles. The Hall–Kier alpha value is -2.48. The Morgan fingerprint density at radius 2 is 2.00 bits per heavy atom.